The molecule has 0 atom stereocenters. The van der Waals surface area contributed by atoms with Crippen molar-refractivity contribution in [2.24, 2.45) is 0 Å². The fraction of sp³-hybridized carbons (Fsp3) is 0.304. The number of hydrogen-bond donors (Lipinski definition) is 2. The number of fused-ring (bicyclic) bond motifs is 2. The van der Waals surface area contributed by atoms with E-state index >= 15 is 0 Å². The zero-order valence-electron chi connectivity index (χ0n) is 16.0. The van der Waals surface area contributed by atoms with Crippen molar-refractivity contribution in [1.29, 1.82) is 0 Å². The van der Waals surface area contributed by atoms with E-state index in [1.807, 2.05) is 38.1 Å². The molecule has 1 aliphatic carbocycles. The van der Waals surface area contributed by atoms with Crippen molar-refractivity contribution in [2.75, 3.05) is 6.54 Å². The number of benzene rings is 1. The lowest BCUT2D eigenvalue weighted by molar-refractivity contribution is 0.0937. The molecular weight excluding hydrogens is 353 g/mol. The van der Waals surface area contributed by atoms with Crippen LogP contribution in [0.1, 0.15) is 54.2 Å². The van der Waals surface area contributed by atoms with E-state index < -0.39 is 0 Å². The second kappa shape index (κ2) is 6.03. The molecule has 1 saturated carbocycles. The molecule has 0 unspecified atom stereocenters. The Kier molecular flexibility index (Phi) is 3.69. The second-order valence-electron chi connectivity index (χ2n) is 8.26. The molecule has 0 radical (unpaired) electrons. The number of aromatic amines is 1. The Balaban J connectivity index is 1.55. The van der Waals surface area contributed by atoms with Crippen LogP contribution in [-0.2, 0) is 5.41 Å². The number of H-pyrrole nitrogens is 1. The van der Waals surface area contributed by atoms with Gasteiger partial charge in [0.2, 0.25) is 0 Å². The average Bonchev–Trinajstić information content (AvgIpc) is 3.32. The van der Waals surface area contributed by atoms with Crippen LogP contribution in [0.5, 0.6) is 0 Å². The Morgan fingerprint density at radius 3 is 2.64 bits per heavy atom. The second-order valence-corrected chi connectivity index (χ2v) is 8.26. The molecule has 1 aliphatic heterocycles. The van der Waals surface area contributed by atoms with Gasteiger partial charge in [-0.15, -0.1) is 0 Å². The van der Waals surface area contributed by atoms with Crippen molar-refractivity contribution in [3.63, 3.8) is 0 Å². The van der Waals surface area contributed by atoms with Gasteiger partial charge in [0.1, 0.15) is 5.82 Å². The molecule has 4 nitrogen and oxygen atoms in total. The number of pyridine rings is 1. The molecule has 5 heteroatoms. The van der Waals surface area contributed by atoms with E-state index in [2.05, 4.69) is 15.3 Å². The van der Waals surface area contributed by atoms with E-state index in [1.54, 1.807) is 18.3 Å². The lowest BCUT2D eigenvalue weighted by Gasteiger charge is -2.21. The third-order valence-electron chi connectivity index (χ3n) is 6.04. The largest absolute Gasteiger partial charge is 0.357 e. The highest BCUT2D eigenvalue weighted by molar-refractivity contribution is 5.99. The first kappa shape index (κ1) is 17.2. The predicted molar refractivity (Wildman–Crippen MR) is 107 cm³/mol. The Hall–Kier alpha value is -2.95. The maximum Gasteiger partial charge on any atom is 0.253 e. The van der Waals surface area contributed by atoms with Crippen LogP contribution in [0.25, 0.3) is 22.5 Å². The van der Waals surface area contributed by atoms with Crippen LogP contribution in [0.15, 0.2) is 42.6 Å². The fourth-order valence-corrected chi connectivity index (χ4v) is 4.06. The minimum Gasteiger partial charge on any atom is -0.357 e. The van der Waals surface area contributed by atoms with E-state index in [0.717, 1.165) is 40.9 Å². The summed E-state index contributed by atoms with van der Waals surface area (Å²) in [7, 11) is 0. The number of halogens is 1. The number of aromatic nitrogens is 2. The van der Waals surface area contributed by atoms with Gasteiger partial charge >= 0.3 is 0 Å². The molecule has 0 saturated heterocycles. The van der Waals surface area contributed by atoms with Crippen LogP contribution in [0.4, 0.5) is 4.39 Å². The van der Waals surface area contributed by atoms with Crippen LogP contribution in [0, 0.1) is 5.82 Å². The van der Waals surface area contributed by atoms with Gasteiger partial charge in [-0.1, -0.05) is 19.9 Å². The lowest BCUT2D eigenvalue weighted by Crippen LogP contribution is -2.38. The standard InChI is InChI=1S/C23H22FN3O/c1-13(2)14-3-4-16(18(24)9-14)20-10-15(5-8-25-20)19-11-17-21(27-19)23(6-7-23)12-26-22(17)28/h3-5,8-11,13,27H,6-7,12H2,1-2H3,(H,26,28). The highest BCUT2D eigenvalue weighted by Crippen LogP contribution is 2.50. The van der Waals surface area contributed by atoms with E-state index in [0.29, 0.717) is 17.8 Å². The summed E-state index contributed by atoms with van der Waals surface area (Å²) in [5.74, 6) is -0.0217. The summed E-state index contributed by atoms with van der Waals surface area (Å²) in [4.78, 5) is 20.1. The van der Waals surface area contributed by atoms with Gasteiger partial charge in [-0.2, -0.15) is 0 Å². The van der Waals surface area contributed by atoms with Gasteiger partial charge in [-0.05, 0) is 54.7 Å². The van der Waals surface area contributed by atoms with Crippen LogP contribution < -0.4 is 5.32 Å². The number of nitrogens with zero attached hydrogens (tertiary/aromatic N) is 1. The maximum atomic E-state index is 14.7. The molecule has 1 spiro atoms. The fourth-order valence-electron chi connectivity index (χ4n) is 4.06. The molecule has 3 heterocycles. The third-order valence-corrected chi connectivity index (χ3v) is 6.04. The van der Waals surface area contributed by atoms with Gasteiger partial charge in [0.25, 0.3) is 5.91 Å². The molecular formula is C23H22FN3O. The van der Waals surface area contributed by atoms with Gasteiger partial charge in [-0.3, -0.25) is 9.78 Å². The van der Waals surface area contributed by atoms with Crippen molar-refractivity contribution >= 4 is 5.91 Å². The topological polar surface area (TPSA) is 57.8 Å². The summed E-state index contributed by atoms with van der Waals surface area (Å²) in [6.45, 7) is 4.79. The molecule has 2 N–H and O–H groups in total. The highest BCUT2D eigenvalue weighted by atomic mass is 19.1. The van der Waals surface area contributed by atoms with Crippen LogP contribution in [0.2, 0.25) is 0 Å². The van der Waals surface area contributed by atoms with Crippen molar-refractivity contribution in [2.45, 2.75) is 38.0 Å². The van der Waals surface area contributed by atoms with E-state index in [4.69, 9.17) is 0 Å². The van der Waals surface area contributed by atoms with E-state index in [9.17, 15) is 9.18 Å². The summed E-state index contributed by atoms with van der Waals surface area (Å²) >= 11 is 0. The van der Waals surface area contributed by atoms with Crippen molar-refractivity contribution < 1.29 is 9.18 Å². The van der Waals surface area contributed by atoms with E-state index in [-0.39, 0.29) is 23.1 Å². The molecule has 2 aliphatic rings. The zero-order valence-corrected chi connectivity index (χ0v) is 16.0. The molecule has 142 valence electrons. The summed E-state index contributed by atoms with van der Waals surface area (Å²) in [6.07, 6.45) is 3.87. The van der Waals surface area contributed by atoms with Crippen LogP contribution in [0.3, 0.4) is 0 Å². The maximum absolute atomic E-state index is 14.7. The summed E-state index contributed by atoms with van der Waals surface area (Å²) in [5.41, 5.74) is 5.65. The zero-order chi connectivity index (χ0) is 19.5. The average molecular weight is 375 g/mol. The molecule has 1 amide bonds. The quantitative estimate of drug-likeness (QED) is 0.692. The molecule has 5 rings (SSSR count). The molecule has 28 heavy (non-hydrogen) atoms. The minimum absolute atomic E-state index is 0.0281. The normalized spacial score (nSPS) is 16.9. The summed E-state index contributed by atoms with van der Waals surface area (Å²) in [5, 5.41) is 2.99. The first-order valence-electron chi connectivity index (χ1n) is 9.75. The number of amides is 1. The number of hydrogen-bond acceptors (Lipinski definition) is 2. The number of nitrogens with one attached hydrogen (secondary N) is 2. The number of carbonyl (C=O) groups is 1. The number of rotatable bonds is 3. The van der Waals surface area contributed by atoms with Gasteiger partial charge < -0.3 is 10.3 Å². The monoisotopic (exact) mass is 375 g/mol. The Morgan fingerprint density at radius 2 is 1.93 bits per heavy atom. The number of carbonyl (C=O) groups excluding carboxylic acids is 1. The SMILES string of the molecule is CC(C)c1ccc(-c2cc(-c3cc4c([nH]3)C3(CC3)CNC4=O)ccn2)c(F)c1. The minimum atomic E-state index is -0.266. The van der Waals surface area contributed by atoms with Gasteiger partial charge in [0.15, 0.2) is 0 Å². The predicted octanol–water partition coefficient (Wildman–Crippen LogP) is 4.78. The molecule has 0 bridgehead atoms. The Bertz CT molecular complexity index is 1090. The van der Waals surface area contributed by atoms with Gasteiger partial charge in [-0.25, -0.2) is 4.39 Å². The van der Waals surface area contributed by atoms with Gasteiger partial charge in [0.05, 0.1) is 11.3 Å². The van der Waals surface area contributed by atoms with Crippen LogP contribution in [-0.4, -0.2) is 22.4 Å². The Labute approximate surface area is 163 Å². The molecule has 2 aromatic heterocycles. The van der Waals surface area contributed by atoms with Crippen molar-refractivity contribution in [1.82, 2.24) is 15.3 Å². The summed E-state index contributed by atoms with van der Waals surface area (Å²) in [6, 6.07) is 11.0. The highest BCUT2D eigenvalue weighted by Gasteiger charge is 2.50. The summed E-state index contributed by atoms with van der Waals surface area (Å²) < 4.78 is 14.7. The molecule has 3 aromatic rings. The first-order valence-corrected chi connectivity index (χ1v) is 9.75. The van der Waals surface area contributed by atoms with Crippen molar-refractivity contribution in [3.05, 3.63) is 65.2 Å². The third kappa shape index (κ3) is 2.65. The molecule has 1 fully saturated rings. The van der Waals surface area contributed by atoms with E-state index in [1.165, 1.54) is 0 Å². The first-order chi connectivity index (χ1) is 13.5. The lowest BCUT2D eigenvalue weighted by atomic mass is 9.95. The van der Waals surface area contributed by atoms with Crippen molar-refractivity contribution in [3.8, 4) is 22.5 Å². The smallest absolute Gasteiger partial charge is 0.253 e. The Morgan fingerprint density at radius 1 is 1.11 bits per heavy atom. The van der Waals surface area contributed by atoms with Gasteiger partial charge in [0, 0.05) is 40.7 Å². The van der Waals surface area contributed by atoms with Crippen LogP contribution >= 0.6 is 0 Å². The molecule has 1 aromatic carbocycles.